The highest BCUT2D eigenvalue weighted by atomic mass is 35.5. The summed E-state index contributed by atoms with van der Waals surface area (Å²) in [6.07, 6.45) is 0. The quantitative estimate of drug-likeness (QED) is 0.376. The maximum Gasteiger partial charge on any atom is 0.264 e. The van der Waals surface area contributed by atoms with Crippen LogP contribution in [0, 0.1) is 12.7 Å². The van der Waals surface area contributed by atoms with Gasteiger partial charge in [0.15, 0.2) is 0 Å². The normalized spacial score (nSPS) is 12.5. The summed E-state index contributed by atoms with van der Waals surface area (Å²) >= 11 is 6.40. The fraction of sp³-hybridized carbons (Fsp3) is 0.310. The number of carbonyl (C=O) groups is 2. The predicted molar refractivity (Wildman–Crippen MR) is 151 cm³/mol. The molecule has 3 rings (SSSR count). The van der Waals surface area contributed by atoms with Gasteiger partial charge >= 0.3 is 0 Å². The molecule has 7 nitrogen and oxygen atoms in total. The molecule has 1 N–H and O–H groups in total. The molecular formula is C29H33ClFN3O4S. The first-order chi connectivity index (χ1) is 18.2. The Morgan fingerprint density at radius 3 is 2.13 bits per heavy atom. The van der Waals surface area contributed by atoms with Crippen LogP contribution in [0.2, 0.25) is 5.02 Å². The molecular weight excluding hydrogens is 541 g/mol. The van der Waals surface area contributed by atoms with Crippen molar-refractivity contribution in [2.24, 2.45) is 0 Å². The molecule has 0 unspecified atom stereocenters. The Kier molecular flexibility index (Phi) is 9.40. The number of amides is 2. The molecule has 0 aromatic heterocycles. The predicted octanol–water partition coefficient (Wildman–Crippen LogP) is 5.31. The van der Waals surface area contributed by atoms with Crippen LogP contribution < -0.4 is 9.62 Å². The summed E-state index contributed by atoms with van der Waals surface area (Å²) in [5, 5.41) is 3.00. The van der Waals surface area contributed by atoms with E-state index in [0.717, 1.165) is 9.87 Å². The first kappa shape index (κ1) is 30.1. The van der Waals surface area contributed by atoms with Gasteiger partial charge in [-0.3, -0.25) is 13.9 Å². The molecule has 0 aliphatic heterocycles. The van der Waals surface area contributed by atoms with Crippen molar-refractivity contribution >= 4 is 39.1 Å². The Labute approximate surface area is 234 Å². The second-order valence-corrected chi connectivity index (χ2v) is 12.6. The van der Waals surface area contributed by atoms with Crippen LogP contribution in [-0.2, 0) is 26.2 Å². The number of carbonyl (C=O) groups excluding carboxylic acids is 2. The average Bonchev–Trinajstić information content (AvgIpc) is 2.86. The van der Waals surface area contributed by atoms with E-state index in [1.807, 2.05) is 27.7 Å². The van der Waals surface area contributed by atoms with E-state index in [4.69, 9.17) is 11.6 Å². The van der Waals surface area contributed by atoms with E-state index in [0.29, 0.717) is 5.56 Å². The SMILES string of the molecule is Cc1ccc(S(=O)(=O)N(CC(=O)N(Cc2ccc(F)cc2)[C@@H](C)C(=O)NC(C)(C)C)c2ccccc2Cl)cc1. The van der Waals surface area contributed by atoms with E-state index in [1.54, 1.807) is 31.2 Å². The largest absolute Gasteiger partial charge is 0.350 e. The average molecular weight is 574 g/mol. The van der Waals surface area contributed by atoms with Gasteiger partial charge in [0.05, 0.1) is 15.6 Å². The number of aryl methyl sites for hydroxylation is 1. The minimum atomic E-state index is -4.22. The van der Waals surface area contributed by atoms with Gasteiger partial charge in [-0.05, 0) is 76.6 Å². The van der Waals surface area contributed by atoms with Crippen molar-refractivity contribution in [1.29, 1.82) is 0 Å². The topological polar surface area (TPSA) is 86.8 Å². The van der Waals surface area contributed by atoms with E-state index in [2.05, 4.69) is 5.32 Å². The third-order valence-corrected chi connectivity index (χ3v) is 8.03. The number of anilines is 1. The molecule has 208 valence electrons. The zero-order chi connectivity index (χ0) is 29.0. The van der Waals surface area contributed by atoms with Gasteiger partial charge in [-0.2, -0.15) is 0 Å². The van der Waals surface area contributed by atoms with Crippen LogP contribution in [0.1, 0.15) is 38.8 Å². The molecule has 3 aromatic rings. The molecule has 1 atom stereocenters. The molecule has 0 radical (unpaired) electrons. The lowest BCUT2D eigenvalue weighted by Crippen LogP contribution is -2.54. The van der Waals surface area contributed by atoms with Crippen LogP contribution in [-0.4, -0.2) is 43.3 Å². The fourth-order valence-corrected chi connectivity index (χ4v) is 5.57. The molecule has 0 bridgehead atoms. The Morgan fingerprint density at radius 1 is 0.974 bits per heavy atom. The Hall–Kier alpha value is -3.43. The highest BCUT2D eigenvalue weighted by Gasteiger charge is 2.34. The first-order valence-electron chi connectivity index (χ1n) is 12.4. The number of benzene rings is 3. The molecule has 3 aromatic carbocycles. The van der Waals surface area contributed by atoms with Crippen molar-refractivity contribution in [3.05, 3.63) is 94.8 Å². The second-order valence-electron chi connectivity index (χ2n) is 10.3. The summed E-state index contributed by atoms with van der Waals surface area (Å²) in [6.45, 7) is 8.19. The van der Waals surface area contributed by atoms with Gasteiger partial charge < -0.3 is 10.2 Å². The molecule has 10 heteroatoms. The van der Waals surface area contributed by atoms with E-state index >= 15 is 0 Å². The molecule has 0 saturated heterocycles. The number of hydrogen-bond donors (Lipinski definition) is 1. The van der Waals surface area contributed by atoms with Crippen molar-refractivity contribution in [3.8, 4) is 0 Å². The number of rotatable bonds is 9. The summed E-state index contributed by atoms with van der Waals surface area (Å²) < 4.78 is 42.1. The summed E-state index contributed by atoms with van der Waals surface area (Å²) in [4.78, 5) is 28.2. The monoisotopic (exact) mass is 573 g/mol. The van der Waals surface area contributed by atoms with E-state index in [1.165, 1.54) is 53.4 Å². The smallest absolute Gasteiger partial charge is 0.264 e. The molecule has 2 amide bonds. The van der Waals surface area contributed by atoms with Gasteiger partial charge in [-0.1, -0.05) is 53.6 Å². The number of hydrogen-bond acceptors (Lipinski definition) is 4. The number of sulfonamides is 1. The Morgan fingerprint density at radius 2 is 1.56 bits per heavy atom. The lowest BCUT2D eigenvalue weighted by Gasteiger charge is -2.33. The van der Waals surface area contributed by atoms with Crippen LogP contribution in [0.15, 0.2) is 77.7 Å². The van der Waals surface area contributed by atoms with Crippen molar-refractivity contribution in [2.45, 2.75) is 57.6 Å². The standard InChI is InChI=1S/C29H33ClFN3O4S/c1-20-10-16-24(17-11-20)39(37,38)34(26-9-7-6-8-25(26)30)19-27(35)33(18-22-12-14-23(31)15-13-22)21(2)28(36)32-29(3,4)5/h6-17,21H,18-19H2,1-5H3,(H,32,36)/t21-/m0/s1. The minimum Gasteiger partial charge on any atom is -0.350 e. The number of nitrogens with zero attached hydrogens (tertiary/aromatic N) is 2. The third-order valence-electron chi connectivity index (χ3n) is 5.94. The van der Waals surface area contributed by atoms with Crippen LogP contribution in [0.3, 0.4) is 0 Å². The van der Waals surface area contributed by atoms with Crippen molar-refractivity contribution < 1.29 is 22.4 Å². The van der Waals surface area contributed by atoms with Crippen LogP contribution in [0.25, 0.3) is 0 Å². The molecule has 0 spiro atoms. The van der Waals surface area contributed by atoms with E-state index in [-0.39, 0.29) is 22.2 Å². The molecule has 39 heavy (non-hydrogen) atoms. The molecule has 0 aliphatic carbocycles. The minimum absolute atomic E-state index is 0.00979. The Bertz CT molecular complexity index is 1420. The summed E-state index contributed by atoms with van der Waals surface area (Å²) in [7, 11) is -4.22. The number of nitrogens with one attached hydrogen (secondary N) is 1. The van der Waals surface area contributed by atoms with Gasteiger partial charge in [0.25, 0.3) is 10.0 Å². The molecule has 0 heterocycles. The van der Waals surface area contributed by atoms with Gasteiger partial charge in [0, 0.05) is 12.1 Å². The van der Waals surface area contributed by atoms with E-state index < -0.39 is 45.8 Å². The zero-order valence-corrected chi connectivity index (χ0v) is 24.2. The van der Waals surface area contributed by atoms with Crippen molar-refractivity contribution in [3.63, 3.8) is 0 Å². The maximum atomic E-state index is 13.9. The summed E-state index contributed by atoms with van der Waals surface area (Å²) in [5.74, 6) is -1.49. The molecule has 0 fully saturated rings. The van der Waals surface area contributed by atoms with Crippen LogP contribution >= 0.6 is 11.6 Å². The number of halogens is 2. The lowest BCUT2D eigenvalue weighted by atomic mass is 10.1. The lowest BCUT2D eigenvalue weighted by molar-refractivity contribution is -0.140. The highest BCUT2D eigenvalue weighted by Crippen LogP contribution is 2.31. The first-order valence-corrected chi connectivity index (χ1v) is 14.2. The van der Waals surface area contributed by atoms with Gasteiger partial charge in [0.1, 0.15) is 18.4 Å². The summed E-state index contributed by atoms with van der Waals surface area (Å²) in [6, 6.07) is 17.2. The zero-order valence-electron chi connectivity index (χ0n) is 22.6. The van der Waals surface area contributed by atoms with Crippen LogP contribution in [0.5, 0.6) is 0 Å². The Balaban J connectivity index is 2.04. The van der Waals surface area contributed by atoms with Crippen molar-refractivity contribution in [2.75, 3.05) is 10.8 Å². The highest BCUT2D eigenvalue weighted by molar-refractivity contribution is 7.92. The van der Waals surface area contributed by atoms with Gasteiger partial charge in [0.2, 0.25) is 11.8 Å². The maximum absolute atomic E-state index is 13.9. The van der Waals surface area contributed by atoms with Gasteiger partial charge in [-0.15, -0.1) is 0 Å². The molecule has 0 aliphatic rings. The third kappa shape index (κ3) is 7.80. The fourth-order valence-electron chi connectivity index (χ4n) is 3.85. The second kappa shape index (κ2) is 12.2. The van der Waals surface area contributed by atoms with Crippen molar-refractivity contribution in [1.82, 2.24) is 10.2 Å². The van der Waals surface area contributed by atoms with Crippen LogP contribution in [0.4, 0.5) is 10.1 Å². The molecule has 0 saturated carbocycles. The number of para-hydroxylation sites is 1. The van der Waals surface area contributed by atoms with Gasteiger partial charge in [-0.25, -0.2) is 12.8 Å². The van der Waals surface area contributed by atoms with E-state index in [9.17, 15) is 22.4 Å². The summed E-state index contributed by atoms with van der Waals surface area (Å²) in [5.41, 5.74) is 1.01.